The molecule has 0 aromatic carbocycles. The number of nitrogens with zero attached hydrogens (tertiary/aromatic N) is 4. The van der Waals surface area contributed by atoms with Crippen molar-refractivity contribution in [3.05, 3.63) is 12.4 Å². The maximum atomic E-state index is 12.0. The van der Waals surface area contributed by atoms with Crippen molar-refractivity contribution >= 4 is 5.91 Å². The summed E-state index contributed by atoms with van der Waals surface area (Å²) in [7, 11) is 0. The predicted octanol–water partition coefficient (Wildman–Crippen LogP) is 0.432. The molecule has 2 heterocycles. The molecule has 6 heteroatoms. The van der Waals surface area contributed by atoms with Crippen molar-refractivity contribution in [2.75, 3.05) is 13.1 Å². The third kappa shape index (κ3) is 3.53. The number of hydrogen-bond acceptors (Lipinski definition) is 4. The molecule has 0 saturated carbocycles. The first-order chi connectivity index (χ1) is 8.57. The highest BCUT2D eigenvalue weighted by atomic mass is 16.3. The van der Waals surface area contributed by atoms with Crippen LogP contribution in [0, 0.1) is 0 Å². The molecule has 0 spiro atoms. The predicted molar refractivity (Wildman–Crippen MR) is 65.7 cm³/mol. The first-order valence-corrected chi connectivity index (χ1v) is 6.41. The van der Waals surface area contributed by atoms with Crippen LogP contribution in [0.2, 0.25) is 0 Å². The molecule has 1 aliphatic heterocycles. The van der Waals surface area contributed by atoms with Gasteiger partial charge in [-0.3, -0.25) is 9.48 Å². The van der Waals surface area contributed by atoms with Crippen molar-refractivity contribution in [3.63, 3.8) is 0 Å². The normalized spacial score (nSPS) is 24.9. The Bertz CT molecular complexity index is 389. The van der Waals surface area contributed by atoms with Crippen LogP contribution < -0.4 is 0 Å². The average molecular weight is 252 g/mol. The number of carbonyl (C=O) groups excluding carboxylic acids is 1. The Kier molecular flexibility index (Phi) is 3.96. The Morgan fingerprint density at radius 3 is 3.00 bits per heavy atom. The first-order valence-electron chi connectivity index (χ1n) is 6.41. The van der Waals surface area contributed by atoms with Gasteiger partial charge in [-0.25, -0.2) is 0 Å². The van der Waals surface area contributed by atoms with Crippen LogP contribution in [0.15, 0.2) is 12.4 Å². The van der Waals surface area contributed by atoms with Gasteiger partial charge in [0.1, 0.15) is 0 Å². The third-order valence-corrected chi connectivity index (χ3v) is 3.44. The number of aliphatic hydroxyl groups is 1. The van der Waals surface area contributed by atoms with E-state index in [-0.39, 0.29) is 5.91 Å². The zero-order valence-electron chi connectivity index (χ0n) is 10.7. The van der Waals surface area contributed by atoms with Gasteiger partial charge in [-0.05, 0) is 26.2 Å². The molecule has 0 radical (unpaired) electrons. The summed E-state index contributed by atoms with van der Waals surface area (Å²) < 4.78 is 1.66. The first kappa shape index (κ1) is 13.0. The Balaban J connectivity index is 1.82. The maximum Gasteiger partial charge on any atom is 0.224 e. The zero-order chi connectivity index (χ0) is 13.0. The molecule has 1 N–H and O–H groups in total. The fourth-order valence-electron chi connectivity index (χ4n) is 2.23. The molecule has 1 saturated heterocycles. The van der Waals surface area contributed by atoms with Crippen LogP contribution >= 0.6 is 0 Å². The summed E-state index contributed by atoms with van der Waals surface area (Å²) in [6.45, 7) is 3.79. The van der Waals surface area contributed by atoms with Crippen molar-refractivity contribution in [1.29, 1.82) is 0 Å². The van der Waals surface area contributed by atoms with E-state index in [1.165, 1.54) is 0 Å². The van der Waals surface area contributed by atoms with Crippen LogP contribution in [0.25, 0.3) is 0 Å². The second kappa shape index (κ2) is 5.48. The van der Waals surface area contributed by atoms with Crippen LogP contribution in [0.5, 0.6) is 0 Å². The Morgan fingerprint density at radius 2 is 2.28 bits per heavy atom. The van der Waals surface area contributed by atoms with Gasteiger partial charge in [0, 0.05) is 25.7 Å². The smallest absolute Gasteiger partial charge is 0.224 e. The summed E-state index contributed by atoms with van der Waals surface area (Å²) in [6, 6.07) is 0. The lowest BCUT2D eigenvalue weighted by Crippen LogP contribution is -2.34. The molecule has 1 amide bonds. The van der Waals surface area contributed by atoms with Gasteiger partial charge in [0.15, 0.2) is 0 Å². The van der Waals surface area contributed by atoms with E-state index in [2.05, 4.69) is 10.3 Å². The lowest BCUT2D eigenvalue weighted by molar-refractivity contribution is -0.131. The lowest BCUT2D eigenvalue weighted by Gasteiger charge is -2.22. The SMILES string of the molecule is CC1(O)CCCN(C(=O)CCn2ccnn2)CC1. The van der Waals surface area contributed by atoms with Gasteiger partial charge >= 0.3 is 0 Å². The topological polar surface area (TPSA) is 71.2 Å². The number of amides is 1. The molecule has 1 fully saturated rings. The zero-order valence-corrected chi connectivity index (χ0v) is 10.7. The molecule has 1 aromatic rings. The molecule has 1 unspecified atom stereocenters. The molecule has 100 valence electrons. The van der Waals surface area contributed by atoms with E-state index in [0.717, 1.165) is 19.4 Å². The molecular weight excluding hydrogens is 232 g/mol. The average Bonchev–Trinajstić information content (AvgIpc) is 2.77. The van der Waals surface area contributed by atoms with Gasteiger partial charge in [0.2, 0.25) is 5.91 Å². The van der Waals surface area contributed by atoms with Crippen LogP contribution in [0.1, 0.15) is 32.6 Å². The van der Waals surface area contributed by atoms with Crippen molar-refractivity contribution in [2.45, 2.75) is 44.8 Å². The van der Waals surface area contributed by atoms with Crippen molar-refractivity contribution in [3.8, 4) is 0 Å². The number of aryl methyl sites for hydroxylation is 1. The summed E-state index contributed by atoms with van der Waals surface area (Å²) in [5.74, 6) is 0.128. The largest absolute Gasteiger partial charge is 0.390 e. The molecule has 1 aromatic heterocycles. The Morgan fingerprint density at radius 1 is 1.44 bits per heavy atom. The van der Waals surface area contributed by atoms with Crippen LogP contribution in [-0.2, 0) is 11.3 Å². The molecule has 0 bridgehead atoms. The summed E-state index contributed by atoms with van der Waals surface area (Å²) in [5, 5.41) is 17.5. The number of carbonyl (C=O) groups is 1. The Hall–Kier alpha value is -1.43. The number of aromatic nitrogens is 3. The second-order valence-corrected chi connectivity index (χ2v) is 5.15. The van der Waals surface area contributed by atoms with Gasteiger partial charge in [0.05, 0.1) is 18.3 Å². The molecule has 6 nitrogen and oxygen atoms in total. The quantitative estimate of drug-likeness (QED) is 0.847. The standard InChI is InChI=1S/C12H20N4O2/c1-12(18)4-2-7-15(9-5-12)11(17)3-8-16-10-6-13-14-16/h6,10,18H,2-5,7-9H2,1H3. The van der Waals surface area contributed by atoms with E-state index in [0.29, 0.717) is 25.9 Å². The highest BCUT2D eigenvalue weighted by Crippen LogP contribution is 2.21. The van der Waals surface area contributed by atoms with E-state index >= 15 is 0 Å². The molecule has 1 aliphatic rings. The minimum Gasteiger partial charge on any atom is -0.390 e. The van der Waals surface area contributed by atoms with Crippen LogP contribution in [0.4, 0.5) is 0 Å². The summed E-state index contributed by atoms with van der Waals surface area (Å²) in [6.07, 6.45) is 6.07. The van der Waals surface area contributed by atoms with Crippen molar-refractivity contribution < 1.29 is 9.90 Å². The van der Waals surface area contributed by atoms with E-state index in [1.54, 1.807) is 17.1 Å². The molecule has 2 rings (SSSR count). The highest BCUT2D eigenvalue weighted by Gasteiger charge is 2.26. The minimum atomic E-state index is -0.624. The fraction of sp³-hybridized carbons (Fsp3) is 0.750. The third-order valence-electron chi connectivity index (χ3n) is 3.44. The number of rotatable bonds is 3. The van der Waals surface area contributed by atoms with Crippen molar-refractivity contribution in [1.82, 2.24) is 19.9 Å². The highest BCUT2D eigenvalue weighted by molar-refractivity contribution is 5.76. The van der Waals surface area contributed by atoms with Gasteiger partial charge in [-0.1, -0.05) is 5.21 Å². The fourth-order valence-corrected chi connectivity index (χ4v) is 2.23. The maximum absolute atomic E-state index is 12.0. The van der Waals surface area contributed by atoms with E-state index < -0.39 is 5.60 Å². The minimum absolute atomic E-state index is 0.128. The summed E-state index contributed by atoms with van der Waals surface area (Å²) in [4.78, 5) is 13.9. The van der Waals surface area contributed by atoms with Gasteiger partial charge < -0.3 is 10.0 Å². The molecule has 18 heavy (non-hydrogen) atoms. The molecule has 1 atom stereocenters. The van der Waals surface area contributed by atoms with Crippen LogP contribution in [0.3, 0.4) is 0 Å². The van der Waals surface area contributed by atoms with E-state index in [4.69, 9.17) is 0 Å². The van der Waals surface area contributed by atoms with E-state index in [9.17, 15) is 9.90 Å². The summed E-state index contributed by atoms with van der Waals surface area (Å²) >= 11 is 0. The monoisotopic (exact) mass is 252 g/mol. The molecular formula is C12H20N4O2. The van der Waals surface area contributed by atoms with Crippen LogP contribution in [-0.4, -0.2) is 49.6 Å². The van der Waals surface area contributed by atoms with Gasteiger partial charge in [-0.2, -0.15) is 0 Å². The Labute approximate surface area is 107 Å². The van der Waals surface area contributed by atoms with Gasteiger partial charge in [0.25, 0.3) is 0 Å². The lowest BCUT2D eigenvalue weighted by atomic mass is 9.98. The van der Waals surface area contributed by atoms with E-state index in [1.807, 2.05) is 11.8 Å². The number of likely N-dealkylation sites (tertiary alicyclic amines) is 1. The molecule has 0 aliphatic carbocycles. The van der Waals surface area contributed by atoms with Crippen molar-refractivity contribution in [2.24, 2.45) is 0 Å². The number of hydrogen-bond donors (Lipinski definition) is 1. The van der Waals surface area contributed by atoms with Gasteiger partial charge in [-0.15, -0.1) is 5.10 Å². The summed E-state index contributed by atoms with van der Waals surface area (Å²) in [5.41, 5.74) is -0.624. The second-order valence-electron chi connectivity index (χ2n) is 5.15.